The van der Waals surface area contributed by atoms with Crippen molar-refractivity contribution in [2.45, 2.75) is 12.3 Å². The van der Waals surface area contributed by atoms with Crippen LogP contribution in [0.15, 0.2) is 11.6 Å². The summed E-state index contributed by atoms with van der Waals surface area (Å²) >= 11 is 1.53. The molecule has 0 amide bonds. The monoisotopic (exact) mass is 172 g/mol. The lowest BCUT2D eigenvalue weighted by atomic mass is 9.93. The van der Waals surface area contributed by atoms with Gasteiger partial charge < -0.3 is 10.8 Å². The summed E-state index contributed by atoms with van der Waals surface area (Å²) in [5.74, 6) is 0. The van der Waals surface area contributed by atoms with E-state index in [1.165, 1.54) is 11.3 Å². The van der Waals surface area contributed by atoms with Crippen LogP contribution in [-0.4, -0.2) is 23.2 Å². The maximum atomic E-state index is 9.04. The molecule has 62 valence electrons. The molecule has 0 aromatic carbocycles. The zero-order chi connectivity index (χ0) is 8.32. The van der Waals surface area contributed by atoms with Gasteiger partial charge >= 0.3 is 0 Å². The summed E-state index contributed by atoms with van der Waals surface area (Å²) in [5, 5.41) is 11.8. The van der Waals surface area contributed by atoms with Crippen molar-refractivity contribution in [3.05, 3.63) is 16.6 Å². The smallest absolute Gasteiger partial charge is 0.102 e. The van der Waals surface area contributed by atoms with Crippen molar-refractivity contribution >= 4 is 11.3 Å². The molecule has 0 radical (unpaired) electrons. The summed E-state index contributed by atoms with van der Waals surface area (Å²) in [5.41, 5.74) is 5.16. The van der Waals surface area contributed by atoms with E-state index in [-0.39, 0.29) is 12.0 Å². The first-order chi connectivity index (χ1) is 5.23. The van der Waals surface area contributed by atoms with E-state index in [4.69, 9.17) is 10.8 Å². The predicted octanol–water partition coefficient (Wildman–Crippen LogP) is 0.352. The van der Waals surface area contributed by atoms with Crippen LogP contribution in [0.3, 0.4) is 0 Å². The molecule has 3 nitrogen and oxygen atoms in total. The number of nitrogens with two attached hydrogens (primary N) is 1. The average molecular weight is 172 g/mol. The molecule has 0 saturated heterocycles. The molecule has 1 unspecified atom stereocenters. The second-order valence-electron chi connectivity index (χ2n) is 2.76. The lowest BCUT2D eigenvalue weighted by Crippen LogP contribution is -2.35. The van der Waals surface area contributed by atoms with Gasteiger partial charge in [0.15, 0.2) is 0 Å². The van der Waals surface area contributed by atoms with E-state index in [1.807, 2.05) is 12.3 Å². The lowest BCUT2D eigenvalue weighted by Gasteiger charge is -2.21. The molecule has 0 fully saturated rings. The van der Waals surface area contributed by atoms with E-state index in [2.05, 4.69) is 4.98 Å². The minimum absolute atomic E-state index is 0.0526. The van der Waals surface area contributed by atoms with Crippen LogP contribution < -0.4 is 5.73 Å². The first kappa shape index (κ1) is 8.64. The zero-order valence-corrected chi connectivity index (χ0v) is 7.27. The number of aliphatic hydroxyl groups is 1. The van der Waals surface area contributed by atoms with Crippen LogP contribution in [0.2, 0.25) is 0 Å². The van der Waals surface area contributed by atoms with Gasteiger partial charge in [-0.05, 0) is 6.92 Å². The van der Waals surface area contributed by atoms with E-state index >= 15 is 0 Å². The van der Waals surface area contributed by atoms with Gasteiger partial charge in [-0.2, -0.15) is 0 Å². The third kappa shape index (κ3) is 1.58. The lowest BCUT2D eigenvalue weighted by molar-refractivity contribution is 0.210. The van der Waals surface area contributed by atoms with E-state index in [0.717, 1.165) is 5.01 Å². The molecule has 1 rings (SSSR count). The van der Waals surface area contributed by atoms with Gasteiger partial charge in [0.05, 0.1) is 12.0 Å². The first-order valence-corrected chi connectivity index (χ1v) is 4.32. The Bertz CT molecular complexity index is 206. The van der Waals surface area contributed by atoms with E-state index in [0.29, 0.717) is 6.54 Å². The van der Waals surface area contributed by atoms with E-state index in [1.54, 1.807) is 6.20 Å². The van der Waals surface area contributed by atoms with Crippen LogP contribution in [0.4, 0.5) is 0 Å². The van der Waals surface area contributed by atoms with E-state index < -0.39 is 0 Å². The van der Waals surface area contributed by atoms with Crippen molar-refractivity contribution < 1.29 is 5.11 Å². The minimum atomic E-state index is -0.353. The molecule has 3 N–H and O–H groups in total. The predicted molar refractivity (Wildman–Crippen MR) is 45.6 cm³/mol. The second kappa shape index (κ2) is 3.30. The van der Waals surface area contributed by atoms with Crippen LogP contribution in [0.5, 0.6) is 0 Å². The van der Waals surface area contributed by atoms with Crippen LogP contribution >= 0.6 is 11.3 Å². The Morgan fingerprint density at radius 3 is 2.91 bits per heavy atom. The molecule has 0 aliphatic heterocycles. The Morgan fingerprint density at radius 2 is 2.55 bits per heavy atom. The molecule has 1 aromatic heterocycles. The third-order valence-corrected chi connectivity index (χ3v) is 2.83. The Kier molecular flexibility index (Phi) is 2.59. The molecule has 0 spiro atoms. The Morgan fingerprint density at radius 1 is 1.82 bits per heavy atom. The third-order valence-electron chi connectivity index (χ3n) is 1.75. The Balaban J connectivity index is 2.87. The zero-order valence-electron chi connectivity index (χ0n) is 6.45. The summed E-state index contributed by atoms with van der Waals surface area (Å²) < 4.78 is 0. The van der Waals surface area contributed by atoms with E-state index in [9.17, 15) is 0 Å². The number of aromatic nitrogens is 1. The number of hydrogen-bond donors (Lipinski definition) is 2. The summed E-state index contributed by atoms with van der Waals surface area (Å²) in [6.07, 6.45) is 1.73. The van der Waals surface area contributed by atoms with Gasteiger partial charge in [0, 0.05) is 18.1 Å². The van der Waals surface area contributed by atoms with Crippen molar-refractivity contribution in [1.82, 2.24) is 4.98 Å². The highest BCUT2D eigenvalue weighted by Gasteiger charge is 2.26. The highest BCUT2D eigenvalue weighted by Crippen LogP contribution is 2.23. The van der Waals surface area contributed by atoms with Gasteiger partial charge in [-0.3, -0.25) is 0 Å². The van der Waals surface area contributed by atoms with Crippen molar-refractivity contribution in [3.8, 4) is 0 Å². The maximum Gasteiger partial charge on any atom is 0.102 e. The van der Waals surface area contributed by atoms with Crippen molar-refractivity contribution in [1.29, 1.82) is 0 Å². The van der Waals surface area contributed by atoms with Gasteiger partial charge in [0.2, 0.25) is 0 Å². The van der Waals surface area contributed by atoms with Gasteiger partial charge in [-0.1, -0.05) is 0 Å². The van der Waals surface area contributed by atoms with Crippen LogP contribution in [0.25, 0.3) is 0 Å². The summed E-state index contributed by atoms with van der Waals surface area (Å²) in [7, 11) is 0. The fourth-order valence-corrected chi connectivity index (χ4v) is 1.55. The van der Waals surface area contributed by atoms with Crippen LogP contribution in [-0.2, 0) is 5.41 Å². The number of nitrogens with zero attached hydrogens (tertiary/aromatic N) is 1. The van der Waals surface area contributed by atoms with Gasteiger partial charge in [-0.25, -0.2) is 4.98 Å². The standard InChI is InChI=1S/C7H12N2OS/c1-7(4-8,5-10)6-9-2-3-11-6/h2-3,10H,4-5,8H2,1H3. The molecule has 0 aliphatic carbocycles. The molecular weight excluding hydrogens is 160 g/mol. The molecule has 1 atom stereocenters. The van der Waals surface area contributed by atoms with Crippen LogP contribution in [0, 0.1) is 0 Å². The number of rotatable bonds is 3. The minimum Gasteiger partial charge on any atom is -0.395 e. The van der Waals surface area contributed by atoms with Gasteiger partial charge in [-0.15, -0.1) is 11.3 Å². The number of hydrogen-bond acceptors (Lipinski definition) is 4. The quantitative estimate of drug-likeness (QED) is 0.691. The number of aliphatic hydroxyl groups excluding tert-OH is 1. The molecule has 1 aromatic rings. The largest absolute Gasteiger partial charge is 0.395 e. The first-order valence-electron chi connectivity index (χ1n) is 3.44. The SMILES string of the molecule is CC(CN)(CO)c1nccs1. The van der Waals surface area contributed by atoms with Crippen molar-refractivity contribution in [2.75, 3.05) is 13.2 Å². The maximum absolute atomic E-state index is 9.04. The highest BCUT2D eigenvalue weighted by molar-refractivity contribution is 7.09. The second-order valence-corrected chi connectivity index (χ2v) is 3.65. The molecule has 4 heteroatoms. The van der Waals surface area contributed by atoms with Crippen molar-refractivity contribution in [3.63, 3.8) is 0 Å². The summed E-state index contributed by atoms with van der Waals surface area (Å²) in [6, 6.07) is 0. The summed E-state index contributed by atoms with van der Waals surface area (Å²) in [4.78, 5) is 4.11. The van der Waals surface area contributed by atoms with Gasteiger partial charge in [0.25, 0.3) is 0 Å². The average Bonchev–Trinajstić information content (AvgIpc) is 2.55. The van der Waals surface area contributed by atoms with Crippen LogP contribution in [0.1, 0.15) is 11.9 Å². The normalized spacial score (nSPS) is 16.3. The molecule has 0 bridgehead atoms. The Labute approximate surface area is 69.9 Å². The van der Waals surface area contributed by atoms with Gasteiger partial charge in [0.1, 0.15) is 5.01 Å². The van der Waals surface area contributed by atoms with Crippen molar-refractivity contribution in [2.24, 2.45) is 5.73 Å². The Hall–Kier alpha value is -0.450. The summed E-state index contributed by atoms with van der Waals surface area (Å²) in [6.45, 7) is 2.39. The highest BCUT2D eigenvalue weighted by atomic mass is 32.1. The molecule has 0 saturated carbocycles. The molecule has 1 heterocycles. The fraction of sp³-hybridized carbons (Fsp3) is 0.571. The molecule has 11 heavy (non-hydrogen) atoms. The molecular formula is C7H12N2OS. The fourth-order valence-electron chi connectivity index (χ4n) is 0.741. The molecule has 0 aliphatic rings. The topological polar surface area (TPSA) is 59.1 Å². The number of thiazole rings is 1.